The normalized spacial score (nSPS) is 14.8. The summed E-state index contributed by atoms with van der Waals surface area (Å²) < 4.78 is 6.21. The summed E-state index contributed by atoms with van der Waals surface area (Å²) in [7, 11) is -1.52. The molecule has 0 saturated carbocycles. The molecular formula is C30H31Cl2OSiZr. The molecule has 0 heterocycles. The number of allylic oxidation sites excluding steroid dienone is 1. The maximum absolute atomic E-state index is 6.21. The zero-order chi connectivity index (χ0) is 22.5. The molecule has 1 unspecified atom stereocenters. The van der Waals surface area contributed by atoms with E-state index in [1.165, 1.54) is 54.3 Å². The minimum atomic E-state index is -1.52. The summed E-state index contributed by atoms with van der Waals surface area (Å²) >= 11 is 0. The molecule has 2 aliphatic carbocycles. The summed E-state index contributed by atoms with van der Waals surface area (Å²) in [6.07, 6.45) is 7.22. The standard InChI is InChI=1S/C30H31OSi.2ClH.Zr/c1-20(2)23-14-15-27-24-11-7-6-10-21(24)18-29(27)30(23)28-19-22(16-17-31-32(3,4)5)25-12-8-9-13-26(25)28;;;/h6-15,19,28H,16-17H2,1-5H3;2*1H;/q-1;;;+3/p-2. The molecule has 0 aromatic heterocycles. The SMILES string of the molecule is CC(C)=c1ccc2c(c1C1C=C(CCO[Si](C)(C)C)c3ccccc31)[C-]=c1ccccc1=2.[Cl-].[Cl-].[Zr+3]. The topological polar surface area (TPSA) is 9.23 Å². The van der Waals surface area contributed by atoms with Crippen molar-refractivity contribution in [2.24, 2.45) is 0 Å². The van der Waals surface area contributed by atoms with Gasteiger partial charge < -0.3 is 29.2 Å². The third-order valence-electron chi connectivity index (χ3n) is 6.49. The van der Waals surface area contributed by atoms with Crippen molar-refractivity contribution in [3.63, 3.8) is 0 Å². The average molecular weight is 598 g/mol. The van der Waals surface area contributed by atoms with Gasteiger partial charge >= 0.3 is 26.2 Å². The van der Waals surface area contributed by atoms with Gasteiger partial charge in [-0.15, -0.1) is 33.4 Å². The van der Waals surface area contributed by atoms with E-state index in [1.54, 1.807) is 0 Å². The van der Waals surface area contributed by atoms with Gasteiger partial charge in [-0.3, -0.25) is 0 Å². The molecule has 0 saturated heterocycles. The minimum absolute atomic E-state index is 0. The Hall–Kier alpha value is -1.22. The van der Waals surface area contributed by atoms with E-state index in [-0.39, 0.29) is 56.9 Å². The monoisotopic (exact) mass is 595 g/mol. The van der Waals surface area contributed by atoms with E-state index < -0.39 is 8.32 Å². The fraction of sp³-hybridized carbons (Fsp3) is 0.267. The molecule has 0 fully saturated rings. The molecule has 0 N–H and O–H groups in total. The second-order valence-electron chi connectivity index (χ2n) is 10.1. The molecule has 0 spiro atoms. The first-order valence-electron chi connectivity index (χ1n) is 11.6. The van der Waals surface area contributed by atoms with Crippen LogP contribution in [0.25, 0.3) is 17.2 Å². The van der Waals surface area contributed by atoms with E-state index in [0.29, 0.717) is 0 Å². The Morgan fingerprint density at radius 1 is 0.886 bits per heavy atom. The smallest absolute Gasteiger partial charge is 1.00 e. The van der Waals surface area contributed by atoms with Crippen molar-refractivity contribution in [2.45, 2.75) is 45.8 Å². The van der Waals surface area contributed by atoms with Gasteiger partial charge in [0.25, 0.3) is 0 Å². The predicted octanol–water partition coefficient (Wildman–Crippen LogP) is -0.0407. The van der Waals surface area contributed by atoms with Crippen molar-refractivity contribution in [3.05, 3.63) is 110 Å². The molecule has 1 radical (unpaired) electrons. The molecule has 5 rings (SSSR count). The van der Waals surface area contributed by atoms with E-state index in [9.17, 15) is 0 Å². The van der Waals surface area contributed by atoms with Gasteiger partial charge in [0.1, 0.15) is 0 Å². The van der Waals surface area contributed by atoms with Crippen LogP contribution in [-0.4, -0.2) is 14.9 Å². The number of rotatable bonds is 5. The van der Waals surface area contributed by atoms with Gasteiger partial charge in [0.2, 0.25) is 0 Å². The van der Waals surface area contributed by atoms with Gasteiger partial charge in [0.05, 0.1) is 0 Å². The summed E-state index contributed by atoms with van der Waals surface area (Å²) in [5, 5.41) is 5.15. The van der Waals surface area contributed by atoms with Gasteiger partial charge in [-0.2, -0.15) is 0 Å². The van der Waals surface area contributed by atoms with Gasteiger partial charge in [0, 0.05) is 12.5 Å². The van der Waals surface area contributed by atoms with Crippen LogP contribution in [0.4, 0.5) is 0 Å². The molecular weight excluding hydrogens is 567 g/mol. The molecule has 5 heteroatoms. The van der Waals surface area contributed by atoms with E-state index in [2.05, 4.69) is 106 Å². The van der Waals surface area contributed by atoms with Gasteiger partial charge in [-0.1, -0.05) is 77.0 Å². The fourth-order valence-corrected chi connectivity index (χ4v) is 5.78. The summed E-state index contributed by atoms with van der Waals surface area (Å²) in [6, 6.07) is 22.2. The molecule has 0 aliphatic heterocycles. The van der Waals surface area contributed by atoms with Gasteiger partial charge in [-0.05, 0) is 56.6 Å². The minimum Gasteiger partial charge on any atom is -1.00 e. The largest absolute Gasteiger partial charge is 3.00 e. The fourth-order valence-electron chi connectivity index (χ4n) is 5.06. The third-order valence-corrected chi connectivity index (χ3v) is 7.56. The number of hydrogen-bond donors (Lipinski definition) is 0. The Morgan fingerprint density at radius 3 is 2.29 bits per heavy atom. The number of hydrogen-bond acceptors (Lipinski definition) is 1. The maximum atomic E-state index is 6.21. The molecule has 0 bridgehead atoms. The number of halogens is 2. The van der Waals surface area contributed by atoms with E-state index in [0.717, 1.165) is 13.0 Å². The first-order chi connectivity index (χ1) is 15.3. The zero-order valence-corrected chi connectivity index (χ0v) is 26.0. The Morgan fingerprint density at radius 2 is 1.57 bits per heavy atom. The van der Waals surface area contributed by atoms with Crippen molar-refractivity contribution >= 4 is 25.5 Å². The van der Waals surface area contributed by atoms with Crippen LogP contribution in [0.2, 0.25) is 19.6 Å². The third kappa shape index (κ3) is 5.86. The van der Waals surface area contributed by atoms with Crippen molar-refractivity contribution in [1.29, 1.82) is 0 Å². The Labute approximate surface area is 241 Å². The van der Waals surface area contributed by atoms with E-state index in [1.807, 2.05) is 0 Å². The van der Waals surface area contributed by atoms with E-state index >= 15 is 0 Å². The Kier molecular flexibility index (Phi) is 10.2. The summed E-state index contributed by atoms with van der Waals surface area (Å²) in [5.74, 6) is 0.245. The molecule has 3 aromatic carbocycles. The number of fused-ring (bicyclic) bond motifs is 3. The molecule has 35 heavy (non-hydrogen) atoms. The first-order valence-corrected chi connectivity index (χ1v) is 15.0. The summed E-state index contributed by atoms with van der Waals surface area (Å²) in [4.78, 5) is 0. The van der Waals surface area contributed by atoms with Crippen LogP contribution in [0, 0.1) is 10.4 Å². The van der Waals surface area contributed by atoms with Crippen LogP contribution in [-0.2, 0) is 30.6 Å². The Balaban J connectivity index is 0.00000144. The first kappa shape index (κ1) is 30.0. The predicted molar refractivity (Wildman–Crippen MR) is 137 cm³/mol. The molecule has 3 aromatic rings. The molecule has 179 valence electrons. The van der Waals surface area contributed by atoms with Crippen LogP contribution in [0.3, 0.4) is 0 Å². The van der Waals surface area contributed by atoms with Crippen molar-refractivity contribution < 1.29 is 55.4 Å². The summed E-state index contributed by atoms with van der Waals surface area (Å²) in [5.41, 5.74) is 8.21. The van der Waals surface area contributed by atoms with Crippen molar-refractivity contribution in [3.8, 4) is 0 Å². The van der Waals surface area contributed by atoms with Gasteiger partial charge in [0.15, 0.2) is 8.32 Å². The van der Waals surface area contributed by atoms with Crippen molar-refractivity contribution in [2.75, 3.05) is 6.61 Å². The molecule has 2 aliphatic rings. The van der Waals surface area contributed by atoms with Gasteiger partial charge in [-0.25, -0.2) is 0 Å². The van der Waals surface area contributed by atoms with Crippen LogP contribution in [0.15, 0.2) is 66.7 Å². The number of benzene rings is 3. The van der Waals surface area contributed by atoms with Crippen LogP contribution >= 0.6 is 0 Å². The second-order valence-corrected chi connectivity index (χ2v) is 14.6. The second kappa shape index (κ2) is 11.9. The summed E-state index contributed by atoms with van der Waals surface area (Å²) in [6.45, 7) is 12.0. The quantitative estimate of drug-likeness (QED) is 0.232. The molecule has 1 nitrogen and oxygen atoms in total. The average Bonchev–Trinajstić information content (AvgIpc) is 3.31. The maximum Gasteiger partial charge on any atom is 3.00 e. The van der Waals surface area contributed by atoms with Crippen LogP contribution in [0.5, 0.6) is 0 Å². The molecule has 1 atom stereocenters. The van der Waals surface area contributed by atoms with E-state index in [4.69, 9.17) is 4.43 Å². The Bertz CT molecular complexity index is 1470. The van der Waals surface area contributed by atoms with Crippen LogP contribution < -0.4 is 35.3 Å². The van der Waals surface area contributed by atoms with Crippen LogP contribution in [0.1, 0.15) is 48.4 Å². The van der Waals surface area contributed by atoms with Crippen molar-refractivity contribution in [1.82, 2.24) is 0 Å². The zero-order valence-electron chi connectivity index (χ0n) is 21.0. The molecule has 0 amide bonds.